The number of benzene rings is 2. The molecular formula is C19H18FN3O3S. The molecule has 0 saturated heterocycles. The third-order valence-corrected chi connectivity index (χ3v) is 4.61. The summed E-state index contributed by atoms with van der Waals surface area (Å²) in [6.07, 6.45) is 0. The molecule has 0 fully saturated rings. The van der Waals surface area contributed by atoms with Crippen LogP contribution in [0.4, 0.5) is 4.39 Å². The number of hydrogen-bond donors (Lipinski definition) is 0. The molecule has 140 valence electrons. The van der Waals surface area contributed by atoms with E-state index in [0.717, 1.165) is 5.56 Å². The molecule has 0 spiro atoms. The number of aromatic nitrogens is 2. The van der Waals surface area contributed by atoms with Crippen molar-refractivity contribution in [2.75, 3.05) is 19.9 Å². The van der Waals surface area contributed by atoms with Crippen LogP contribution >= 0.6 is 11.8 Å². The first-order valence-electron chi connectivity index (χ1n) is 8.15. The molecule has 0 radical (unpaired) electrons. The first kappa shape index (κ1) is 18.9. The number of carbonyl (C=O) groups is 1. The lowest BCUT2D eigenvalue weighted by Gasteiger charge is -2.17. The summed E-state index contributed by atoms with van der Waals surface area (Å²) in [7, 11) is 3.07. The van der Waals surface area contributed by atoms with Gasteiger partial charge >= 0.3 is 0 Å². The minimum absolute atomic E-state index is 0.129. The molecule has 1 heterocycles. The number of halogens is 1. The summed E-state index contributed by atoms with van der Waals surface area (Å²) in [5.41, 5.74) is 1.50. The van der Waals surface area contributed by atoms with Crippen LogP contribution in [0.1, 0.15) is 5.56 Å². The zero-order valence-electron chi connectivity index (χ0n) is 14.9. The predicted octanol–water partition coefficient (Wildman–Crippen LogP) is 3.64. The second-order valence-electron chi connectivity index (χ2n) is 5.75. The summed E-state index contributed by atoms with van der Waals surface area (Å²) >= 11 is 1.17. The normalized spacial score (nSPS) is 10.6. The number of methoxy groups -OCH3 is 1. The Hall–Kier alpha value is -2.87. The molecule has 0 atom stereocenters. The van der Waals surface area contributed by atoms with E-state index < -0.39 is 5.82 Å². The van der Waals surface area contributed by atoms with Crippen LogP contribution in [0.2, 0.25) is 0 Å². The Kier molecular flexibility index (Phi) is 6.08. The van der Waals surface area contributed by atoms with Crippen LogP contribution in [0.15, 0.2) is 58.2 Å². The molecule has 1 amide bonds. The fourth-order valence-corrected chi connectivity index (χ4v) is 3.07. The van der Waals surface area contributed by atoms with Crippen molar-refractivity contribution in [3.05, 3.63) is 59.9 Å². The van der Waals surface area contributed by atoms with E-state index in [1.807, 2.05) is 30.3 Å². The average Bonchev–Trinajstić information content (AvgIpc) is 3.16. The van der Waals surface area contributed by atoms with E-state index in [1.54, 1.807) is 19.2 Å². The Morgan fingerprint density at radius 2 is 2.00 bits per heavy atom. The van der Waals surface area contributed by atoms with Gasteiger partial charge in [-0.3, -0.25) is 4.79 Å². The summed E-state index contributed by atoms with van der Waals surface area (Å²) < 4.78 is 24.2. The maximum absolute atomic E-state index is 13.8. The molecule has 3 aromatic rings. The van der Waals surface area contributed by atoms with Gasteiger partial charge in [0.05, 0.1) is 12.9 Å². The third kappa shape index (κ3) is 4.85. The number of nitrogens with zero attached hydrogens (tertiary/aromatic N) is 3. The number of rotatable bonds is 7. The van der Waals surface area contributed by atoms with Crippen molar-refractivity contribution in [3.8, 4) is 17.2 Å². The molecule has 0 aliphatic heterocycles. The summed E-state index contributed by atoms with van der Waals surface area (Å²) in [4.78, 5) is 13.8. The van der Waals surface area contributed by atoms with E-state index in [-0.39, 0.29) is 17.4 Å². The first-order chi connectivity index (χ1) is 13.1. The monoisotopic (exact) mass is 387 g/mol. The second-order valence-corrected chi connectivity index (χ2v) is 6.67. The van der Waals surface area contributed by atoms with Crippen molar-refractivity contribution in [1.82, 2.24) is 15.1 Å². The Balaban J connectivity index is 1.54. The van der Waals surface area contributed by atoms with Gasteiger partial charge in [0, 0.05) is 19.2 Å². The van der Waals surface area contributed by atoms with Crippen LogP contribution in [0.25, 0.3) is 11.5 Å². The highest BCUT2D eigenvalue weighted by atomic mass is 32.2. The molecule has 0 saturated carbocycles. The maximum atomic E-state index is 13.8. The van der Waals surface area contributed by atoms with Gasteiger partial charge in [0.25, 0.3) is 5.22 Å². The van der Waals surface area contributed by atoms with Crippen LogP contribution in [0.3, 0.4) is 0 Å². The molecule has 3 rings (SSSR count). The van der Waals surface area contributed by atoms with Crippen molar-refractivity contribution in [2.24, 2.45) is 0 Å². The van der Waals surface area contributed by atoms with E-state index >= 15 is 0 Å². The van der Waals surface area contributed by atoms with Crippen LogP contribution in [0.5, 0.6) is 5.75 Å². The second kappa shape index (κ2) is 8.68. The molecule has 0 unspecified atom stereocenters. The summed E-state index contributed by atoms with van der Waals surface area (Å²) in [6.45, 7) is 0.291. The fraction of sp³-hybridized carbons (Fsp3) is 0.211. The van der Waals surface area contributed by atoms with E-state index in [0.29, 0.717) is 23.2 Å². The highest BCUT2D eigenvalue weighted by Crippen LogP contribution is 2.23. The maximum Gasteiger partial charge on any atom is 0.277 e. The van der Waals surface area contributed by atoms with Gasteiger partial charge in [0.1, 0.15) is 0 Å². The Morgan fingerprint density at radius 1 is 1.22 bits per heavy atom. The Bertz CT molecular complexity index is 918. The van der Waals surface area contributed by atoms with Gasteiger partial charge in [-0.1, -0.05) is 36.0 Å². The van der Waals surface area contributed by atoms with E-state index in [4.69, 9.17) is 9.15 Å². The predicted molar refractivity (Wildman–Crippen MR) is 99.9 cm³/mol. The number of carbonyl (C=O) groups excluding carboxylic acids is 1. The van der Waals surface area contributed by atoms with Gasteiger partial charge in [0.2, 0.25) is 11.8 Å². The fourth-order valence-electron chi connectivity index (χ4n) is 2.37. The van der Waals surface area contributed by atoms with Crippen LogP contribution in [-0.2, 0) is 11.3 Å². The number of hydrogen-bond acceptors (Lipinski definition) is 6. The largest absolute Gasteiger partial charge is 0.494 e. The van der Waals surface area contributed by atoms with E-state index in [9.17, 15) is 9.18 Å². The quantitative estimate of drug-likeness (QED) is 0.577. The molecule has 8 heteroatoms. The standard InChI is InChI=1S/C19H18FN3O3S/c1-23(11-13-8-9-16(25-2)15(20)10-13)17(24)12-27-19-22-21-18(26-19)14-6-4-3-5-7-14/h3-10H,11-12H2,1-2H3. The van der Waals surface area contributed by atoms with Gasteiger partial charge in [-0.15, -0.1) is 10.2 Å². The molecule has 6 nitrogen and oxygen atoms in total. The Morgan fingerprint density at radius 3 is 2.70 bits per heavy atom. The molecule has 0 aliphatic carbocycles. The highest BCUT2D eigenvalue weighted by Gasteiger charge is 2.15. The lowest BCUT2D eigenvalue weighted by molar-refractivity contribution is -0.127. The van der Waals surface area contributed by atoms with E-state index in [2.05, 4.69) is 10.2 Å². The minimum Gasteiger partial charge on any atom is -0.494 e. The van der Waals surface area contributed by atoms with Crippen molar-refractivity contribution >= 4 is 17.7 Å². The highest BCUT2D eigenvalue weighted by molar-refractivity contribution is 7.99. The zero-order valence-corrected chi connectivity index (χ0v) is 15.7. The molecular weight excluding hydrogens is 369 g/mol. The van der Waals surface area contributed by atoms with Crippen LogP contribution < -0.4 is 4.74 Å². The number of amides is 1. The summed E-state index contributed by atoms with van der Waals surface area (Å²) in [5, 5.41) is 8.26. The van der Waals surface area contributed by atoms with Gasteiger partial charge in [-0.25, -0.2) is 4.39 Å². The molecule has 27 heavy (non-hydrogen) atoms. The first-order valence-corrected chi connectivity index (χ1v) is 9.13. The number of ether oxygens (including phenoxy) is 1. The van der Waals surface area contributed by atoms with Gasteiger partial charge < -0.3 is 14.1 Å². The molecule has 2 aromatic carbocycles. The lowest BCUT2D eigenvalue weighted by Crippen LogP contribution is -2.27. The Labute approximate surface area is 160 Å². The average molecular weight is 387 g/mol. The van der Waals surface area contributed by atoms with Gasteiger partial charge in [-0.05, 0) is 29.8 Å². The molecule has 0 bridgehead atoms. The third-order valence-electron chi connectivity index (χ3n) is 3.81. The van der Waals surface area contributed by atoms with Crippen molar-refractivity contribution in [1.29, 1.82) is 0 Å². The molecule has 0 N–H and O–H groups in total. The smallest absolute Gasteiger partial charge is 0.277 e. The SMILES string of the molecule is COc1ccc(CN(C)C(=O)CSc2nnc(-c3ccccc3)o2)cc1F. The van der Waals surface area contributed by atoms with Gasteiger partial charge in [0.15, 0.2) is 11.6 Å². The van der Waals surface area contributed by atoms with Crippen LogP contribution in [0, 0.1) is 5.82 Å². The zero-order chi connectivity index (χ0) is 19.2. The van der Waals surface area contributed by atoms with Crippen molar-refractivity contribution < 1.29 is 18.3 Å². The number of thioether (sulfide) groups is 1. The van der Waals surface area contributed by atoms with E-state index in [1.165, 1.54) is 29.8 Å². The summed E-state index contributed by atoms with van der Waals surface area (Å²) in [6, 6.07) is 14.0. The van der Waals surface area contributed by atoms with Crippen molar-refractivity contribution in [2.45, 2.75) is 11.8 Å². The van der Waals surface area contributed by atoms with Crippen molar-refractivity contribution in [3.63, 3.8) is 0 Å². The lowest BCUT2D eigenvalue weighted by atomic mass is 10.2. The molecule has 0 aliphatic rings. The minimum atomic E-state index is -0.454. The van der Waals surface area contributed by atoms with Gasteiger partial charge in [-0.2, -0.15) is 0 Å². The van der Waals surface area contributed by atoms with Crippen LogP contribution in [-0.4, -0.2) is 40.9 Å². The topological polar surface area (TPSA) is 68.5 Å². The summed E-state index contributed by atoms with van der Waals surface area (Å²) in [5.74, 6) is 0.146. The molecule has 1 aromatic heterocycles.